The second-order valence-corrected chi connectivity index (χ2v) is 9.77. The van der Waals surface area contributed by atoms with Crippen LogP contribution in [0.5, 0.6) is 0 Å². The summed E-state index contributed by atoms with van der Waals surface area (Å²) in [6, 6.07) is 0. The number of hydrogen-bond donors (Lipinski definition) is 0. The lowest BCUT2D eigenvalue weighted by Crippen LogP contribution is -2.28. The molecule has 0 aliphatic rings. The van der Waals surface area contributed by atoms with E-state index in [1.807, 2.05) is 0 Å². The maximum atomic E-state index is 14.8. The zero-order valence-corrected chi connectivity index (χ0v) is 14.7. The first-order valence-electron chi connectivity index (χ1n) is 8.24. The number of halogens is 1. The van der Waals surface area contributed by atoms with Crippen molar-refractivity contribution in [2.45, 2.75) is 72.1 Å². The van der Waals surface area contributed by atoms with Gasteiger partial charge in [0.2, 0.25) is 0 Å². The van der Waals surface area contributed by atoms with Crippen LogP contribution in [0.15, 0.2) is 0 Å². The molecule has 0 saturated heterocycles. The Hall–Kier alpha value is -0.170. The van der Waals surface area contributed by atoms with Crippen LogP contribution in [0.1, 0.15) is 66.2 Å². The van der Waals surface area contributed by atoms with Gasteiger partial charge in [-0.15, -0.1) is 0 Å². The van der Waals surface area contributed by atoms with E-state index in [-0.39, 0.29) is 6.61 Å². The van der Waals surface area contributed by atoms with Gasteiger partial charge >= 0.3 is 5.97 Å². The van der Waals surface area contributed by atoms with E-state index in [1.54, 1.807) is 6.92 Å². The fraction of sp³-hybridized carbons (Fsp3) is 0.938. The van der Waals surface area contributed by atoms with Crippen LogP contribution in [0.4, 0.5) is 4.39 Å². The molecule has 1 unspecified atom stereocenters. The molecular formula is C16H33FO2P+. The molecule has 0 rings (SSSR count). The summed E-state index contributed by atoms with van der Waals surface area (Å²) in [6.07, 6.45) is 9.00. The van der Waals surface area contributed by atoms with E-state index >= 15 is 0 Å². The molecule has 0 spiro atoms. The first-order chi connectivity index (χ1) is 9.57. The molecule has 0 amide bonds. The number of esters is 1. The van der Waals surface area contributed by atoms with Crippen LogP contribution in [0.3, 0.4) is 0 Å². The normalized spacial score (nSPS) is 13.2. The Bertz CT molecular complexity index is 237. The number of rotatable bonds is 12. The van der Waals surface area contributed by atoms with Gasteiger partial charge in [-0.25, -0.2) is 4.79 Å². The molecular weight excluding hydrogens is 274 g/mol. The minimum atomic E-state index is -1.86. The highest BCUT2D eigenvalue weighted by atomic mass is 31.2. The number of carbonyl (C=O) groups is 1. The lowest BCUT2D eigenvalue weighted by atomic mass is 10.4. The monoisotopic (exact) mass is 307 g/mol. The van der Waals surface area contributed by atoms with Crippen LogP contribution in [0.2, 0.25) is 0 Å². The molecule has 0 aliphatic carbocycles. The summed E-state index contributed by atoms with van der Waals surface area (Å²) in [5, 5.41) is 0. The van der Waals surface area contributed by atoms with Crippen molar-refractivity contribution in [3.05, 3.63) is 0 Å². The van der Waals surface area contributed by atoms with Gasteiger partial charge in [-0.05, 0) is 26.2 Å². The van der Waals surface area contributed by atoms with Gasteiger partial charge in [-0.1, -0.05) is 40.0 Å². The molecule has 120 valence electrons. The van der Waals surface area contributed by atoms with Crippen molar-refractivity contribution in [3.63, 3.8) is 0 Å². The van der Waals surface area contributed by atoms with Crippen molar-refractivity contribution in [1.82, 2.24) is 0 Å². The lowest BCUT2D eigenvalue weighted by molar-refractivity contribution is -0.145. The highest BCUT2D eigenvalue weighted by Crippen LogP contribution is 2.65. The molecule has 4 heteroatoms. The molecule has 0 bridgehead atoms. The molecule has 2 nitrogen and oxygen atoms in total. The van der Waals surface area contributed by atoms with Crippen LogP contribution in [-0.2, 0) is 9.53 Å². The Balaban J connectivity index is 5.04. The second-order valence-electron chi connectivity index (χ2n) is 5.54. The van der Waals surface area contributed by atoms with E-state index in [4.69, 9.17) is 4.74 Å². The summed E-state index contributed by atoms with van der Waals surface area (Å²) in [7, 11) is -1.86. The van der Waals surface area contributed by atoms with E-state index in [0.717, 1.165) is 57.0 Å². The van der Waals surface area contributed by atoms with Crippen molar-refractivity contribution in [2.75, 3.05) is 25.1 Å². The summed E-state index contributed by atoms with van der Waals surface area (Å²) >= 11 is 0. The Labute approximate surface area is 125 Å². The third kappa shape index (κ3) is 6.52. The molecule has 1 atom stereocenters. The summed E-state index contributed by atoms with van der Waals surface area (Å²) in [6.45, 7) is 8.41. The molecule has 0 aromatic heterocycles. The fourth-order valence-corrected chi connectivity index (χ4v) is 7.24. The van der Waals surface area contributed by atoms with Crippen LogP contribution in [0, 0.1) is 0 Å². The third-order valence-electron chi connectivity index (χ3n) is 3.83. The molecule has 0 saturated carbocycles. The average Bonchev–Trinajstić information content (AvgIpc) is 2.46. The zero-order valence-electron chi connectivity index (χ0n) is 13.8. The summed E-state index contributed by atoms with van der Waals surface area (Å²) < 4.78 is 19.8. The third-order valence-corrected chi connectivity index (χ3v) is 8.63. The smallest absolute Gasteiger partial charge is 0.379 e. The van der Waals surface area contributed by atoms with Crippen molar-refractivity contribution < 1.29 is 13.9 Å². The largest absolute Gasteiger partial charge is 0.461 e. The van der Waals surface area contributed by atoms with E-state index in [0.29, 0.717) is 0 Å². The summed E-state index contributed by atoms with van der Waals surface area (Å²) in [4.78, 5) is 11.9. The Morgan fingerprint density at radius 1 is 0.950 bits per heavy atom. The van der Waals surface area contributed by atoms with E-state index in [1.165, 1.54) is 0 Å². The first-order valence-corrected chi connectivity index (χ1v) is 10.7. The zero-order chi connectivity index (χ0) is 15.4. The van der Waals surface area contributed by atoms with Crippen molar-refractivity contribution in [2.24, 2.45) is 0 Å². The summed E-state index contributed by atoms with van der Waals surface area (Å²) in [5.74, 6) is -1.96. The van der Waals surface area contributed by atoms with Gasteiger partial charge in [0.25, 0.3) is 5.91 Å². The molecule has 0 fully saturated rings. The molecule has 0 heterocycles. The predicted molar refractivity (Wildman–Crippen MR) is 87.8 cm³/mol. The number of ether oxygens (including phenoxy) is 1. The van der Waals surface area contributed by atoms with Crippen LogP contribution >= 0.6 is 7.26 Å². The van der Waals surface area contributed by atoms with Gasteiger partial charge in [0.1, 0.15) is 0 Å². The topological polar surface area (TPSA) is 26.3 Å². The quantitative estimate of drug-likeness (QED) is 0.363. The minimum absolute atomic E-state index is 0.272. The maximum Gasteiger partial charge on any atom is 0.379 e. The maximum absolute atomic E-state index is 14.8. The van der Waals surface area contributed by atoms with Crippen LogP contribution in [-0.4, -0.2) is 37.0 Å². The Morgan fingerprint density at radius 2 is 1.35 bits per heavy atom. The number of alkyl halides is 1. The minimum Gasteiger partial charge on any atom is -0.461 e. The Kier molecular flexibility index (Phi) is 11.4. The van der Waals surface area contributed by atoms with Crippen LogP contribution < -0.4 is 0 Å². The van der Waals surface area contributed by atoms with E-state index < -0.39 is 19.1 Å². The lowest BCUT2D eigenvalue weighted by Gasteiger charge is -2.29. The first kappa shape index (κ1) is 19.8. The highest BCUT2D eigenvalue weighted by Gasteiger charge is 2.49. The van der Waals surface area contributed by atoms with Gasteiger partial charge in [-0.2, -0.15) is 4.39 Å². The van der Waals surface area contributed by atoms with Gasteiger partial charge in [0.15, 0.2) is 0 Å². The summed E-state index contributed by atoms with van der Waals surface area (Å²) in [5.41, 5.74) is 0. The second kappa shape index (κ2) is 11.5. The number of unbranched alkanes of at least 4 members (excludes halogenated alkanes) is 3. The van der Waals surface area contributed by atoms with Crippen molar-refractivity contribution in [3.8, 4) is 0 Å². The predicted octanol–water partition coefficient (Wildman–Crippen LogP) is 5.26. The average molecular weight is 307 g/mol. The number of hydrogen-bond acceptors (Lipinski definition) is 2. The SMILES string of the molecule is CCCC[P+](CCCC)(CCCC)C(F)C(=O)OCC. The molecule has 20 heavy (non-hydrogen) atoms. The fourth-order valence-electron chi connectivity index (χ4n) is 2.53. The van der Waals surface area contributed by atoms with Gasteiger partial charge < -0.3 is 4.74 Å². The van der Waals surface area contributed by atoms with Crippen molar-refractivity contribution in [1.29, 1.82) is 0 Å². The van der Waals surface area contributed by atoms with Gasteiger partial charge in [-0.3, -0.25) is 0 Å². The highest BCUT2D eigenvalue weighted by molar-refractivity contribution is 7.77. The van der Waals surface area contributed by atoms with Gasteiger partial charge in [0.05, 0.1) is 32.4 Å². The van der Waals surface area contributed by atoms with Crippen molar-refractivity contribution >= 4 is 13.2 Å². The molecule has 0 N–H and O–H groups in total. The van der Waals surface area contributed by atoms with E-state index in [2.05, 4.69) is 20.8 Å². The standard InChI is InChI=1S/C16H33FO2P/c1-5-9-12-20(13-10-6-2,14-11-7-3)15(17)16(18)19-8-4/h15H,5-14H2,1-4H3/q+1. The van der Waals surface area contributed by atoms with Gasteiger partial charge in [0, 0.05) is 0 Å². The molecule has 0 aromatic carbocycles. The molecule has 0 aliphatic heterocycles. The van der Waals surface area contributed by atoms with E-state index in [9.17, 15) is 9.18 Å². The Morgan fingerprint density at radius 3 is 1.65 bits per heavy atom. The van der Waals surface area contributed by atoms with Crippen LogP contribution in [0.25, 0.3) is 0 Å². The molecule has 0 aromatic rings. The molecule has 0 radical (unpaired) electrons. The number of carbonyl (C=O) groups excluding carboxylic acids is 1.